The summed E-state index contributed by atoms with van der Waals surface area (Å²) in [4.78, 5) is 35.3. The number of cyclic esters (lactones) is 1. The van der Waals surface area contributed by atoms with Crippen LogP contribution in [0.3, 0.4) is 0 Å². The van der Waals surface area contributed by atoms with Crippen molar-refractivity contribution >= 4 is 43.9 Å². The minimum Gasteiger partial charge on any atom is -0.447 e. The molecule has 234 valence electrons. The number of carbonyl (C=O) groups is 1. The van der Waals surface area contributed by atoms with Gasteiger partial charge in [-0.3, -0.25) is 9.36 Å². The topological polar surface area (TPSA) is 147 Å². The molecular weight excluding hydrogens is 633 g/mol. The number of nitrogens with zero attached hydrogens (tertiary/aromatic N) is 5. The zero-order valence-corrected chi connectivity index (χ0v) is 25.3. The van der Waals surface area contributed by atoms with Crippen molar-refractivity contribution in [3.63, 3.8) is 0 Å². The first-order valence-corrected chi connectivity index (χ1v) is 16.6. The molecule has 2 aromatic carbocycles. The van der Waals surface area contributed by atoms with Gasteiger partial charge in [0.1, 0.15) is 28.1 Å². The zero-order valence-electron chi connectivity index (χ0n) is 23.7. The number of piperidine rings is 1. The molecule has 2 aliphatic rings. The number of sulfone groups is 1. The number of fused-ring (bicyclic) bond motifs is 2. The SMILES string of the molecule is CS(=O)(=O)Cc1nc2cc(-c3ncc(C(F)(F)F)s3)c(N[C@H]3CCN4C(=O)OC[C@@H]4C3)cc2c(=O)n1Cc1ccc(C#N)cc1. The van der Waals surface area contributed by atoms with Crippen LogP contribution in [0.4, 0.5) is 23.7 Å². The van der Waals surface area contributed by atoms with Gasteiger partial charge in [0.15, 0.2) is 9.84 Å². The third-order valence-corrected chi connectivity index (χ3v) is 9.57. The summed E-state index contributed by atoms with van der Waals surface area (Å²) < 4.78 is 71.6. The molecule has 0 spiro atoms. The summed E-state index contributed by atoms with van der Waals surface area (Å²) >= 11 is 0.441. The lowest BCUT2D eigenvalue weighted by molar-refractivity contribution is -0.134. The van der Waals surface area contributed by atoms with E-state index in [9.17, 15) is 31.2 Å². The van der Waals surface area contributed by atoms with E-state index in [1.165, 1.54) is 16.7 Å². The number of ether oxygens (including phenoxy) is 1. The number of aromatic nitrogens is 3. The molecule has 2 aliphatic heterocycles. The Morgan fingerprint density at radius 1 is 1.20 bits per heavy atom. The maximum absolute atomic E-state index is 14.0. The van der Waals surface area contributed by atoms with E-state index in [1.54, 1.807) is 29.2 Å². The van der Waals surface area contributed by atoms with Crippen LogP contribution in [-0.4, -0.2) is 65.4 Å². The fraction of sp³-hybridized carbons (Fsp3) is 0.345. The lowest BCUT2D eigenvalue weighted by Gasteiger charge is -2.33. The Balaban J connectivity index is 1.48. The second-order valence-electron chi connectivity index (χ2n) is 11.0. The van der Waals surface area contributed by atoms with Crippen molar-refractivity contribution in [1.29, 1.82) is 5.26 Å². The molecule has 4 aromatic rings. The van der Waals surface area contributed by atoms with E-state index in [4.69, 9.17) is 10.00 Å². The minimum atomic E-state index is -4.61. The minimum absolute atomic E-state index is 0.0293. The summed E-state index contributed by atoms with van der Waals surface area (Å²) in [6.45, 7) is 0.627. The number of nitriles is 1. The van der Waals surface area contributed by atoms with Crippen LogP contribution in [0.2, 0.25) is 0 Å². The molecule has 2 saturated heterocycles. The Morgan fingerprint density at radius 2 is 1.96 bits per heavy atom. The van der Waals surface area contributed by atoms with E-state index in [2.05, 4.69) is 15.3 Å². The highest BCUT2D eigenvalue weighted by Crippen LogP contribution is 2.40. The first-order valence-electron chi connectivity index (χ1n) is 13.8. The molecule has 45 heavy (non-hydrogen) atoms. The lowest BCUT2D eigenvalue weighted by atomic mass is 9.97. The molecule has 2 atom stereocenters. The molecule has 2 fully saturated rings. The quantitative estimate of drug-likeness (QED) is 0.305. The number of hydrogen-bond acceptors (Lipinski definition) is 10. The maximum atomic E-state index is 14.0. The van der Waals surface area contributed by atoms with Crippen LogP contribution in [-0.2, 0) is 33.0 Å². The molecule has 0 aliphatic carbocycles. The predicted molar refractivity (Wildman–Crippen MR) is 159 cm³/mol. The molecule has 2 aromatic heterocycles. The molecule has 0 bridgehead atoms. The van der Waals surface area contributed by atoms with Crippen LogP contribution >= 0.6 is 11.3 Å². The number of thiazole rings is 1. The molecule has 1 amide bonds. The Hall–Kier alpha value is -4.49. The number of benzene rings is 2. The van der Waals surface area contributed by atoms with Gasteiger partial charge in [-0.2, -0.15) is 18.4 Å². The summed E-state index contributed by atoms with van der Waals surface area (Å²) in [5.41, 5.74) is 1.23. The predicted octanol–water partition coefficient (Wildman–Crippen LogP) is 4.40. The van der Waals surface area contributed by atoms with Gasteiger partial charge in [0.05, 0.1) is 41.3 Å². The first kappa shape index (κ1) is 30.5. The Labute approximate surface area is 258 Å². The molecule has 11 nitrogen and oxygen atoms in total. The first-order chi connectivity index (χ1) is 21.3. The number of nitrogens with one attached hydrogen (secondary N) is 1. The standard InChI is InChI=1S/C29H25F3N6O5S2/c1-45(41,42)15-25-36-23-9-20(26-34-12-24(44-26)29(30,31)32)22(35-18-6-7-37-19(8-18)14-43-28(37)40)10-21(23)27(39)38(25)13-17-4-2-16(11-33)3-5-17/h2-5,9-10,12,18-19,35H,6-8,13-15H2,1H3/t18-,19-/m0/s1. The molecule has 1 N–H and O–H groups in total. The summed E-state index contributed by atoms with van der Waals surface area (Å²) in [6, 6.07) is 11.1. The van der Waals surface area contributed by atoms with Crippen LogP contribution < -0.4 is 10.9 Å². The van der Waals surface area contributed by atoms with Crippen LogP contribution in [0, 0.1) is 11.3 Å². The third-order valence-electron chi connectivity index (χ3n) is 7.71. The van der Waals surface area contributed by atoms with Crippen molar-refractivity contribution < 1.29 is 31.1 Å². The average molecular weight is 659 g/mol. The van der Waals surface area contributed by atoms with Crippen molar-refractivity contribution in [2.45, 2.75) is 43.4 Å². The number of anilines is 1. The molecular formula is C29H25F3N6O5S2. The second-order valence-corrected chi connectivity index (χ2v) is 14.2. The van der Waals surface area contributed by atoms with Crippen molar-refractivity contribution in [2.24, 2.45) is 0 Å². The molecule has 0 radical (unpaired) electrons. The van der Waals surface area contributed by atoms with E-state index in [0.29, 0.717) is 47.5 Å². The highest BCUT2D eigenvalue weighted by molar-refractivity contribution is 7.89. The van der Waals surface area contributed by atoms with Gasteiger partial charge in [-0.1, -0.05) is 12.1 Å². The third kappa shape index (κ3) is 6.36. The second kappa shape index (κ2) is 11.5. The van der Waals surface area contributed by atoms with Gasteiger partial charge in [0, 0.05) is 30.1 Å². The highest BCUT2D eigenvalue weighted by Gasteiger charge is 2.38. The Kier molecular flexibility index (Phi) is 7.77. The average Bonchev–Trinajstić information content (AvgIpc) is 3.62. The lowest BCUT2D eigenvalue weighted by Crippen LogP contribution is -2.45. The van der Waals surface area contributed by atoms with E-state index < -0.39 is 32.2 Å². The van der Waals surface area contributed by atoms with Crippen molar-refractivity contribution in [1.82, 2.24) is 19.4 Å². The van der Waals surface area contributed by atoms with Gasteiger partial charge in [-0.05, 0) is 42.7 Å². The van der Waals surface area contributed by atoms with Gasteiger partial charge in [0.2, 0.25) is 0 Å². The van der Waals surface area contributed by atoms with E-state index in [0.717, 1.165) is 12.5 Å². The number of rotatable bonds is 7. The van der Waals surface area contributed by atoms with Crippen LogP contribution in [0.25, 0.3) is 21.5 Å². The number of carbonyl (C=O) groups excluding carboxylic acids is 1. The molecule has 16 heteroatoms. The van der Waals surface area contributed by atoms with Crippen molar-refractivity contribution in [3.8, 4) is 16.6 Å². The van der Waals surface area contributed by atoms with Crippen molar-refractivity contribution in [2.75, 3.05) is 24.7 Å². The summed E-state index contributed by atoms with van der Waals surface area (Å²) in [5.74, 6) is -0.598. The van der Waals surface area contributed by atoms with Gasteiger partial charge in [-0.25, -0.2) is 23.2 Å². The van der Waals surface area contributed by atoms with Crippen LogP contribution in [0.5, 0.6) is 0 Å². The van der Waals surface area contributed by atoms with E-state index >= 15 is 0 Å². The zero-order chi connectivity index (χ0) is 32.1. The largest absolute Gasteiger partial charge is 0.447 e. The smallest absolute Gasteiger partial charge is 0.427 e. The number of alkyl halides is 3. The Morgan fingerprint density at radius 3 is 2.62 bits per heavy atom. The van der Waals surface area contributed by atoms with Crippen LogP contribution in [0.15, 0.2) is 47.4 Å². The summed E-state index contributed by atoms with van der Waals surface area (Å²) in [5, 5.41) is 12.7. The van der Waals surface area contributed by atoms with E-state index in [-0.39, 0.29) is 58.6 Å². The van der Waals surface area contributed by atoms with Gasteiger partial charge in [-0.15, -0.1) is 11.3 Å². The molecule has 4 heterocycles. The van der Waals surface area contributed by atoms with Gasteiger partial charge < -0.3 is 15.0 Å². The molecule has 0 saturated carbocycles. The number of hydrogen-bond donors (Lipinski definition) is 1. The fourth-order valence-corrected chi connectivity index (χ4v) is 7.07. The van der Waals surface area contributed by atoms with Gasteiger partial charge in [0.25, 0.3) is 5.56 Å². The van der Waals surface area contributed by atoms with Crippen LogP contribution in [0.1, 0.15) is 34.7 Å². The summed E-state index contributed by atoms with van der Waals surface area (Å²) in [6.07, 6.45) is -2.19. The number of amides is 1. The summed E-state index contributed by atoms with van der Waals surface area (Å²) in [7, 11) is -3.65. The monoisotopic (exact) mass is 658 g/mol. The normalized spacial score (nSPS) is 18.5. The molecule has 6 rings (SSSR count). The van der Waals surface area contributed by atoms with Crippen molar-refractivity contribution in [3.05, 3.63) is 74.8 Å². The maximum Gasteiger partial charge on any atom is 0.427 e. The highest BCUT2D eigenvalue weighted by atomic mass is 32.2. The molecule has 0 unspecified atom stereocenters. The van der Waals surface area contributed by atoms with E-state index in [1.807, 2.05) is 6.07 Å². The Bertz CT molecular complexity index is 2020. The fourth-order valence-electron chi connectivity index (χ4n) is 5.57. The van der Waals surface area contributed by atoms with Gasteiger partial charge >= 0.3 is 12.3 Å². The number of halogens is 3.